The van der Waals surface area contributed by atoms with Crippen molar-refractivity contribution in [2.24, 2.45) is 5.92 Å². The molecule has 5 heteroatoms. The van der Waals surface area contributed by atoms with E-state index in [2.05, 4.69) is 12.6 Å². The average molecular weight is 262 g/mol. The second kappa shape index (κ2) is 8.39. The van der Waals surface area contributed by atoms with Gasteiger partial charge in [0.1, 0.15) is 0 Å². The molecule has 0 aliphatic carbocycles. The summed E-state index contributed by atoms with van der Waals surface area (Å²) >= 11 is 4.10. The van der Waals surface area contributed by atoms with Crippen LogP contribution >= 0.6 is 12.6 Å². The molecule has 0 heterocycles. The van der Waals surface area contributed by atoms with Crippen molar-refractivity contribution in [2.45, 2.75) is 52.7 Å². The summed E-state index contributed by atoms with van der Waals surface area (Å²) in [5, 5.41) is 0. The molecule has 0 saturated carbocycles. The second-order valence-electron chi connectivity index (χ2n) is 4.44. The maximum absolute atomic E-state index is 11.6. The van der Waals surface area contributed by atoms with E-state index in [1.165, 1.54) is 0 Å². The molecule has 0 aromatic rings. The van der Waals surface area contributed by atoms with E-state index in [9.17, 15) is 9.59 Å². The van der Waals surface area contributed by atoms with E-state index in [0.717, 1.165) is 0 Å². The molecular weight excluding hydrogens is 240 g/mol. The number of esters is 2. The topological polar surface area (TPSA) is 52.6 Å². The molecule has 0 rings (SSSR count). The van der Waals surface area contributed by atoms with Gasteiger partial charge in [0.05, 0.1) is 18.1 Å². The van der Waals surface area contributed by atoms with Gasteiger partial charge in [-0.05, 0) is 34.1 Å². The predicted octanol–water partition coefficient (Wildman–Crippen LogP) is 2.22. The van der Waals surface area contributed by atoms with Gasteiger partial charge in [0, 0.05) is 12.2 Å². The molecule has 0 aromatic carbocycles. The molecule has 4 nitrogen and oxygen atoms in total. The van der Waals surface area contributed by atoms with Crippen LogP contribution in [-0.2, 0) is 19.1 Å². The molecule has 0 N–H and O–H groups in total. The normalized spacial score (nSPS) is 12.6. The molecule has 100 valence electrons. The molecule has 0 aliphatic heterocycles. The summed E-state index contributed by atoms with van der Waals surface area (Å²) in [5.41, 5.74) is 0. The summed E-state index contributed by atoms with van der Waals surface area (Å²) in [5.74, 6) is -0.558. The third-order valence-electron chi connectivity index (χ3n) is 1.97. The first-order valence-electron chi connectivity index (χ1n) is 5.87. The highest BCUT2D eigenvalue weighted by Crippen LogP contribution is 2.13. The van der Waals surface area contributed by atoms with Gasteiger partial charge >= 0.3 is 11.9 Å². The highest BCUT2D eigenvalue weighted by molar-refractivity contribution is 7.80. The van der Waals surface area contributed by atoms with Gasteiger partial charge in [-0.1, -0.05) is 0 Å². The Labute approximate surface area is 108 Å². The number of thiol groups is 1. The Bertz CT molecular complexity index is 251. The van der Waals surface area contributed by atoms with Crippen LogP contribution in [0.2, 0.25) is 0 Å². The smallest absolute Gasteiger partial charge is 0.310 e. The first-order valence-corrected chi connectivity index (χ1v) is 6.50. The lowest BCUT2D eigenvalue weighted by Crippen LogP contribution is -2.24. The van der Waals surface area contributed by atoms with Gasteiger partial charge in [-0.15, -0.1) is 0 Å². The third kappa shape index (κ3) is 8.07. The minimum absolute atomic E-state index is 0.125. The Kier molecular flexibility index (Phi) is 8.04. The SMILES string of the molecule is CC(C)OC(=O)CCC(CS)C(=O)OC(C)C. The maximum atomic E-state index is 11.6. The average Bonchev–Trinajstić information content (AvgIpc) is 2.16. The third-order valence-corrected chi connectivity index (χ3v) is 2.41. The highest BCUT2D eigenvalue weighted by atomic mass is 32.1. The van der Waals surface area contributed by atoms with Crippen molar-refractivity contribution >= 4 is 24.6 Å². The van der Waals surface area contributed by atoms with Crippen molar-refractivity contribution in [3.8, 4) is 0 Å². The minimum atomic E-state index is -0.347. The van der Waals surface area contributed by atoms with Crippen molar-refractivity contribution in [3.05, 3.63) is 0 Å². The monoisotopic (exact) mass is 262 g/mol. The van der Waals surface area contributed by atoms with Crippen LogP contribution in [0.5, 0.6) is 0 Å². The van der Waals surface area contributed by atoms with Gasteiger partial charge in [0.2, 0.25) is 0 Å². The highest BCUT2D eigenvalue weighted by Gasteiger charge is 2.21. The summed E-state index contributed by atoms with van der Waals surface area (Å²) in [6.45, 7) is 7.17. The minimum Gasteiger partial charge on any atom is -0.463 e. The molecule has 0 bridgehead atoms. The Morgan fingerprint density at radius 3 is 2.00 bits per heavy atom. The predicted molar refractivity (Wildman–Crippen MR) is 69.0 cm³/mol. The van der Waals surface area contributed by atoms with E-state index < -0.39 is 0 Å². The van der Waals surface area contributed by atoms with Crippen LogP contribution < -0.4 is 0 Å². The molecule has 0 radical (unpaired) electrons. The maximum Gasteiger partial charge on any atom is 0.310 e. The Morgan fingerprint density at radius 1 is 1.06 bits per heavy atom. The molecule has 0 spiro atoms. The van der Waals surface area contributed by atoms with E-state index in [1.54, 1.807) is 27.7 Å². The largest absolute Gasteiger partial charge is 0.463 e. The van der Waals surface area contributed by atoms with Crippen LogP contribution in [-0.4, -0.2) is 29.9 Å². The van der Waals surface area contributed by atoms with Crippen molar-refractivity contribution in [3.63, 3.8) is 0 Å². The fourth-order valence-corrected chi connectivity index (χ4v) is 1.56. The number of hydrogen-bond donors (Lipinski definition) is 1. The van der Waals surface area contributed by atoms with Crippen LogP contribution in [0.3, 0.4) is 0 Å². The zero-order valence-corrected chi connectivity index (χ0v) is 11.8. The van der Waals surface area contributed by atoms with Gasteiger partial charge in [-0.25, -0.2) is 0 Å². The zero-order chi connectivity index (χ0) is 13.4. The summed E-state index contributed by atoms with van der Waals surface area (Å²) in [4.78, 5) is 22.9. The van der Waals surface area contributed by atoms with Gasteiger partial charge in [-0.3, -0.25) is 9.59 Å². The number of ether oxygens (including phenoxy) is 2. The molecule has 0 aromatic heterocycles. The van der Waals surface area contributed by atoms with E-state index in [-0.39, 0.29) is 36.5 Å². The second-order valence-corrected chi connectivity index (χ2v) is 4.81. The standard InChI is InChI=1S/C12H22O4S/c1-8(2)15-11(13)6-5-10(7-17)12(14)16-9(3)4/h8-10,17H,5-7H2,1-4H3. The lowest BCUT2D eigenvalue weighted by Gasteiger charge is -2.15. The zero-order valence-electron chi connectivity index (χ0n) is 10.9. The molecule has 0 amide bonds. The summed E-state index contributed by atoms with van der Waals surface area (Å²) < 4.78 is 10.1. The van der Waals surface area contributed by atoms with Gasteiger partial charge in [0.15, 0.2) is 0 Å². The Balaban J connectivity index is 4.05. The fraction of sp³-hybridized carbons (Fsp3) is 0.833. The first kappa shape index (κ1) is 16.3. The van der Waals surface area contributed by atoms with Crippen LogP contribution in [0.15, 0.2) is 0 Å². The van der Waals surface area contributed by atoms with Crippen LogP contribution in [0.4, 0.5) is 0 Å². The Hall–Kier alpha value is -0.710. The summed E-state index contributed by atoms with van der Waals surface area (Å²) in [6, 6.07) is 0. The Morgan fingerprint density at radius 2 is 1.59 bits per heavy atom. The van der Waals surface area contributed by atoms with Crippen LogP contribution in [0, 0.1) is 5.92 Å². The fourth-order valence-electron chi connectivity index (χ4n) is 1.23. The molecule has 0 aliphatic rings. The van der Waals surface area contributed by atoms with Crippen molar-refractivity contribution in [2.75, 3.05) is 5.75 Å². The van der Waals surface area contributed by atoms with Crippen molar-refractivity contribution in [1.29, 1.82) is 0 Å². The van der Waals surface area contributed by atoms with Crippen LogP contribution in [0.25, 0.3) is 0 Å². The van der Waals surface area contributed by atoms with Gasteiger partial charge < -0.3 is 9.47 Å². The van der Waals surface area contributed by atoms with Gasteiger partial charge in [-0.2, -0.15) is 12.6 Å². The molecule has 0 fully saturated rings. The summed E-state index contributed by atoms with van der Waals surface area (Å²) in [6.07, 6.45) is 0.365. The van der Waals surface area contributed by atoms with Crippen LogP contribution in [0.1, 0.15) is 40.5 Å². The van der Waals surface area contributed by atoms with Gasteiger partial charge in [0.25, 0.3) is 0 Å². The first-order chi connectivity index (χ1) is 7.86. The molecule has 1 unspecified atom stereocenters. The summed E-state index contributed by atoms with van der Waals surface area (Å²) in [7, 11) is 0. The van der Waals surface area contributed by atoms with Crippen molar-refractivity contribution in [1.82, 2.24) is 0 Å². The lowest BCUT2D eigenvalue weighted by molar-refractivity contribution is -0.152. The number of carbonyl (C=O) groups excluding carboxylic acids is 2. The molecule has 0 saturated heterocycles. The van der Waals surface area contributed by atoms with Crippen molar-refractivity contribution < 1.29 is 19.1 Å². The van der Waals surface area contributed by atoms with E-state index in [4.69, 9.17) is 9.47 Å². The molecular formula is C12H22O4S. The molecule has 1 atom stereocenters. The number of hydrogen-bond acceptors (Lipinski definition) is 5. The van der Waals surface area contributed by atoms with E-state index in [1.807, 2.05) is 0 Å². The quantitative estimate of drug-likeness (QED) is 0.564. The number of carbonyl (C=O) groups is 2. The molecule has 17 heavy (non-hydrogen) atoms. The number of rotatable bonds is 7. The lowest BCUT2D eigenvalue weighted by atomic mass is 10.1. The van der Waals surface area contributed by atoms with E-state index >= 15 is 0 Å². The van der Waals surface area contributed by atoms with E-state index in [0.29, 0.717) is 12.2 Å².